The first-order valence-corrected chi connectivity index (χ1v) is 14.8. The quantitative estimate of drug-likeness (QED) is 0.214. The largest absolute Gasteiger partial charge is 0.438 e. The van der Waals surface area contributed by atoms with Gasteiger partial charge in [-0.3, -0.25) is 0 Å². The molecule has 0 spiro atoms. The highest BCUT2D eigenvalue weighted by atomic mass is 16.3. The van der Waals surface area contributed by atoms with Gasteiger partial charge in [0.25, 0.3) is 0 Å². The maximum atomic E-state index is 6.29. The van der Waals surface area contributed by atoms with Gasteiger partial charge >= 0.3 is 0 Å². The minimum atomic E-state index is 0.591. The maximum Gasteiger partial charge on any atom is 0.231 e. The van der Waals surface area contributed by atoms with Crippen LogP contribution in [-0.4, -0.2) is 14.5 Å². The van der Waals surface area contributed by atoms with E-state index in [9.17, 15) is 0 Å². The lowest BCUT2D eigenvalue weighted by molar-refractivity contribution is 0.653. The van der Waals surface area contributed by atoms with Gasteiger partial charge in [-0.15, -0.1) is 0 Å². The fourth-order valence-corrected chi connectivity index (χ4v) is 6.50. The zero-order valence-electron chi connectivity index (χ0n) is 23.7. The van der Waals surface area contributed by atoms with Crippen LogP contribution in [-0.2, 0) is 0 Å². The van der Waals surface area contributed by atoms with Crippen LogP contribution in [0.25, 0.3) is 83.3 Å². The van der Waals surface area contributed by atoms with Crippen molar-refractivity contribution in [3.05, 3.63) is 152 Å². The fraction of sp³-hybridized carbons (Fsp3) is 0. The zero-order chi connectivity index (χ0) is 29.0. The molecule has 0 fully saturated rings. The normalized spacial score (nSPS) is 11.6. The standard InChI is InChI=1S/C40H25N3O/c1-3-13-26(14-4-1)39-41-38(37-32-20-8-10-24-35(32)44-40(37)42-39)28-16-11-15-27(25-28)30-21-12-23-34-36(30)31-19-7-9-22-33(31)43(34)29-17-5-2-6-18-29/h1-25H. The Kier molecular flexibility index (Phi) is 5.47. The number of aromatic nitrogens is 3. The summed E-state index contributed by atoms with van der Waals surface area (Å²) >= 11 is 0. The van der Waals surface area contributed by atoms with Crippen LogP contribution in [0.5, 0.6) is 0 Å². The van der Waals surface area contributed by atoms with Crippen LogP contribution in [0.3, 0.4) is 0 Å². The van der Waals surface area contributed by atoms with E-state index < -0.39 is 0 Å². The van der Waals surface area contributed by atoms with E-state index in [2.05, 4.69) is 108 Å². The highest BCUT2D eigenvalue weighted by Crippen LogP contribution is 2.41. The van der Waals surface area contributed by atoms with E-state index in [4.69, 9.17) is 14.4 Å². The van der Waals surface area contributed by atoms with Gasteiger partial charge in [-0.1, -0.05) is 115 Å². The number of fused-ring (bicyclic) bond motifs is 6. The van der Waals surface area contributed by atoms with Crippen molar-refractivity contribution in [2.45, 2.75) is 0 Å². The predicted octanol–water partition coefficient (Wildman–Crippen LogP) is 10.5. The van der Waals surface area contributed by atoms with Crippen molar-refractivity contribution in [1.29, 1.82) is 0 Å². The van der Waals surface area contributed by atoms with Gasteiger partial charge in [0.2, 0.25) is 5.71 Å². The molecule has 0 saturated heterocycles. The summed E-state index contributed by atoms with van der Waals surface area (Å²) < 4.78 is 8.65. The first kappa shape index (κ1) is 24.6. The lowest BCUT2D eigenvalue weighted by atomic mass is 9.96. The Hall–Kier alpha value is -6.00. The van der Waals surface area contributed by atoms with Crippen LogP contribution in [0, 0.1) is 0 Å². The van der Waals surface area contributed by atoms with Crippen LogP contribution in [0.4, 0.5) is 0 Å². The lowest BCUT2D eigenvalue weighted by Crippen LogP contribution is -1.94. The maximum absolute atomic E-state index is 6.29. The predicted molar refractivity (Wildman–Crippen MR) is 180 cm³/mol. The van der Waals surface area contributed by atoms with Gasteiger partial charge in [0, 0.05) is 33.0 Å². The Labute approximate surface area is 253 Å². The second-order valence-corrected chi connectivity index (χ2v) is 11.0. The molecule has 9 rings (SSSR count). The molecule has 0 atom stereocenters. The topological polar surface area (TPSA) is 43.9 Å². The molecular weight excluding hydrogens is 538 g/mol. The average molecular weight is 564 g/mol. The summed E-state index contributed by atoms with van der Waals surface area (Å²) in [6.45, 7) is 0. The third-order valence-electron chi connectivity index (χ3n) is 8.43. The van der Waals surface area contributed by atoms with Gasteiger partial charge in [0.15, 0.2) is 5.82 Å². The van der Waals surface area contributed by atoms with Crippen LogP contribution in [0.1, 0.15) is 0 Å². The molecule has 4 nitrogen and oxygen atoms in total. The third-order valence-corrected chi connectivity index (χ3v) is 8.43. The minimum Gasteiger partial charge on any atom is -0.438 e. The van der Waals surface area contributed by atoms with Crippen molar-refractivity contribution < 1.29 is 4.42 Å². The Balaban J connectivity index is 1.31. The molecule has 0 N–H and O–H groups in total. The number of nitrogens with zero attached hydrogens (tertiary/aromatic N) is 3. The van der Waals surface area contributed by atoms with E-state index in [0.29, 0.717) is 11.5 Å². The van der Waals surface area contributed by atoms with E-state index in [0.717, 1.165) is 44.4 Å². The molecule has 3 aromatic heterocycles. The van der Waals surface area contributed by atoms with Gasteiger partial charge in [-0.05, 0) is 47.5 Å². The highest BCUT2D eigenvalue weighted by molar-refractivity contribution is 6.16. The van der Waals surface area contributed by atoms with E-state index in [-0.39, 0.29) is 0 Å². The van der Waals surface area contributed by atoms with Crippen LogP contribution in [0.2, 0.25) is 0 Å². The molecule has 206 valence electrons. The SMILES string of the molecule is c1ccc(-c2nc(-c3cccc(-c4cccc5c4c4ccccc4n5-c4ccccc4)c3)c3c(n2)oc2ccccc23)cc1. The second-order valence-electron chi connectivity index (χ2n) is 11.0. The zero-order valence-corrected chi connectivity index (χ0v) is 23.7. The van der Waals surface area contributed by atoms with Crippen molar-refractivity contribution in [2.24, 2.45) is 0 Å². The molecule has 6 aromatic carbocycles. The van der Waals surface area contributed by atoms with E-state index in [1.165, 1.54) is 27.4 Å². The molecule has 0 bridgehead atoms. The molecule has 4 heteroatoms. The molecule has 0 unspecified atom stereocenters. The summed E-state index contributed by atoms with van der Waals surface area (Å²) in [6, 6.07) is 52.7. The summed E-state index contributed by atoms with van der Waals surface area (Å²) in [4.78, 5) is 10.1. The van der Waals surface area contributed by atoms with Crippen molar-refractivity contribution in [3.8, 4) is 39.5 Å². The number of para-hydroxylation sites is 3. The van der Waals surface area contributed by atoms with Gasteiger partial charge < -0.3 is 8.98 Å². The van der Waals surface area contributed by atoms with Crippen molar-refractivity contribution in [3.63, 3.8) is 0 Å². The Morgan fingerprint density at radius 1 is 0.477 bits per heavy atom. The van der Waals surface area contributed by atoms with E-state index in [1.807, 2.05) is 48.5 Å². The molecule has 0 aliphatic rings. The van der Waals surface area contributed by atoms with Gasteiger partial charge in [0.1, 0.15) is 5.58 Å². The molecule has 0 radical (unpaired) electrons. The summed E-state index contributed by atoms with van der Waals surface area (Å²) in [5.41, 5.74) is 10.0. The number of benzene rings is 6. The van der Waals surface area contributed by atoms with Crippen molar-refractivity contribution in [2.75, 3.05) is 0 Å². The van der Waals surface area contributed by atoms with E-state index >= 15 is 0 Å². The molecule has 0 amide bonds. The molecule has 44 heavy (non-hydrogen) atoms. The van der Waals surface area contributed by atoms with Crippen molar-refractivity contribution in [1.82, 2.24) is 14.5 Å². The smallest absolute Gasteiger partial charge is 0.231 e. The minimum absolute atomic E-state index is 0.591. The van der Waals surface area contributed by atoms with Crippen LogP contribution in [0.15, 0.2) is 156 Å². The second kappa shape index (κ2) is 9.79. The molecule has 3 heterocycles. The number of rotatable bonds is 4. The lowest BCUT2D eigenvalue weighted by Gasteiger charge is -2.11. The highest BCUT2D eigenvalue weighted by Gasteiger charge is 2.20. The van der Waals surface area contributed by atoms with Gasteiger partial charge in [-0.25, -0.2) is 4.98 Å². The monoisotopic (exact) mass is 563 g/mol. The number of hydrogen-bond donors (Lipinski definition) is 0. The first-order chi connectivity index (χ1) is 21.8. The Bertz CT molecular complexity index is 2490. The molecule has 0 aliphatic carbocycles. The van der Waals surface area contributed by atoms with Gasteiger partial charge in [-0.2, -0.15) is 4.98 Å². The Morgan fingerprint density at radius 3 is 2.00 bits per heavy atom. The summed E-state index contributed by atoms with van der Waals surface area (Å²) in [6.07, 6.45) is 0. The fourth-order valence-electron chi connectivity index (χ4n) is 6.50. The number of furan rings is 1. The van der Waals surface area contributed by atoms with Gasteiger partial charge in [0.05, 0.1) is 22.1 Å². The molecule has 0 aliphatic heterocycles. The first-order valence-electron chi connectivity index (χ1n) is 14.8. The van der Waals surface area contributed by atoms with E-state index in [1.54, 1.807) is 0 Å². The Morgan fingerprint density at radius 2 is 1.14 bits per heavy atom. The van der Waals surface area contributed by atoms with Crippen molar-refractivity contribution >= 4 is 43.9 Å². The summed E-state index contributed by atoms with van der Waals surface area (Å²) in [5, 5.41) is 4.39. The average Bonchev–Trinajstić information content (AvgIpc) is 3.64. The third kappa shape index (κ3) is 3.78. The van der Waals surface area contributed by atoms with Crippen LogP contribution < -0.4 is 0 Å². The summed E-state index contributed by atoms with van der Waals surface area (Å²) in [5.74, 6) is 0.644. The summed E-state index contributed by atoms with van der Waals surface area (Å²) in [7, 11) is 0. The molecular formula is C40H25N3O. The number of hydrogen-bond acceptors (Lipinski definition) is 3. The van der Waals surface area contributed by atoms with Crippen LogP contribution >= 0.6 is 0 Å². The molecule has 9 aromatic rings. The molecule has 0 saturated carbocycles.